The lowest BCUT2D eigenvalue weighted by Crippen LogP contribution is -2.24. The van der Waals surface area contributed by atoms with Gasteiger partial charge in [-0.3, -0.25) is 9.78 Å². The molecule has 0 fully saturated rings. The fourth-order valence-corrected chi connectivity index (χ4v) is 2.96. The van der Waals surface area contributed by atoms with E-state index in [-0.39, 0.29) is 17.6 Å². The van der Waals surface area contributed by atoms with Crippen molar-refractivity contribution in [3.63, 3.8) is 0 Å². The molecule has 0 unspecified atom stereocenters. The van der Waals surface area contributed by atoms with Crippen molar-refractivity contribution < 1.29 is 9.32 Å². The zero-order chi connectivity index (χ0) is 18.4. The summed E-state index contributed by atoms with van der Waals surface area (Å²) in [5.41, 5.74) is 1.76. The first-order valence-electron chi connectivity index (χ1n) is 8.21. The Morgan fingerprint density at radius 1 is 1.23 bits per heavy atom. The first kappa shape index (κ1) is 18.1. The van der Waals surface area contributed by atoms with E-state index >= 15 is 0 Å². The molecule has 134 valence electrons. The lowest BCUT2D eigenvalue weighted by Gasteiger charge is -2.06. The van der Waals surface area contributed by atoms with Crippen molar-refractivity contribution in [2.24, 2.45) is 0 Å². The topological polar surface area (TPSA) is 93.8 Å². The van der Waals surface area contributed by atoms with E-state index < -0.39 is 0 Å². The second-order valence-corrected chi connectivity index (χ2v) is 6.85. The monoisotopic (exact) mass is 369 g/mol. The summed E-state index contributed by atoms with van der Waals surface area (Å²) in [6.07, 6.45) is 5.09. The second kappa shape index (κ2) is 8.57. The maximum Gasteiger partial charge on any atom is 0.230 e. The minimum absolute atomic E-state index is 0.0700. The van der Waals surface area contributed by atoms with E-state index in [0.717, 1.165) is 11.1 Å². The van der Waals surface area contributed by atoms with Crippen LogP contribution in [0.25, 0.3) is 11.4 Å². The maximum absolute atomic E-state index is 12.1. The van der Waals surface area contributed by atoms with Gasteiger partial charge in [-0.2, -0.15) is 4.98 Å². The Morgan fingerprint density at radius 2 is 2.04 bits per heavy atom. The third-order valence-electron chi connectivity index (χ3n) is 3.53. The van der Waals surface area contributed by atoms with Gasteiger partial charge in [-0.15, -0.1) is 0 Å². The van der Waals surface area contributed by atoms with Crippen molar-refractivity contribution >= 4 is 17.7 Å². The number of carbonyl (C=O) groups is 1. The summed E-state index contributed by atoms with van der Waals surface area (Å²) in [4.78, 5) is 24.8. The summed E-state index contributed by atoms with van der Waals surface area (Å²) in [6.45, 7) is 4.45. The fourth-order valence-electron chi connectivity index (χ4n) is 2.14. The number of hydrogen-bond acceptors (Lipinski definition) is 7. The molecular formula is C18H19N5O2S. The first-order chi connectivity index (χ1) is 12.6. The molecule has 0 aliphatic rings. The zero-order valence-electron chi connectivity index (χ0n) is 14.5. The van der Waals surface area contributed by atoms with E-state index in [4.69, 9.17) is 4.52 Å². The number of carbonyl (C=O) groups excluding carboxylic acids is 1. The van der Waals surface area contributed by atoms with Gasteiger partial charge in [0.1, 0.15) is 5.03 Å². The molecule has 0 atom stereocenters. The molecule has 0 aliphatic carbocycles. The highest BCUT2D eigenvalue weighted by Gasteiger charge is 2.16. The Labute approximate surface area is 155 Å². The van der Waals surface area contributed by atoms with Crippen LogP contribution in [0, 0.1) is 0 Å². The molecule has 0 aliphatic heterocycles. The van der Waals surface area contributed by atoms with Crippen molar-refractivity contribution in [1.82, 2.24) is 25.4 Å². The van der Waals surface area contributed by atoms with Gasteiger partial charge in [0, 0.05) is 31.1 Å². The summed E-state index contributed by atoms with van der Waals surface area (Å²) in [5, 5.41) is 7.60. The Bertz CT molecular complexity index is 867. The lowest BCUT2D eigenvalue weighted by atomic mass is 10.2. The zero-order valence-corrected chi connectivity index (χ0v) is 15.4. The summed E-state index contributed by atoms with van der Waals surface area (Å²) in [5.74, 6) is 1.41. The number of thioether (sulfide) groups is 1. The largest absolute Gasteiger partial charge is 0.351 e. The number of hydrogen-bond donors (Lipinski definition) is 1. The van der Waals surface area contributed by atoms with E-state index in [9.17, 15) is 4.79 Å². The molecule has 8 heteroatoms. The number of nitrogens with zero attached hydrogens (tertiary/aromatic N) is 4. The molecule has 0 bridgehead atoms. The lowest BCUT2D eigenvalue weighted by molar-refractivity contribution is -0.118. The molecular weight excluding hydrogens is 350 g/mol. The summed E-state index contributed by atoms with van der Waals surface area (Å²) in [7, 11) is 0. The molecule has 0 spiro atoms. The van der Waals surface area contributed by atoms with Gasteiger partial charge in [-0.1, -0.05) is 30.8 Å². The summed E-state index contributed by atoms with van der Waals surface area (Å²) >= 11 is 1.35. The van der Waals surface area contributed by atoms with Gasteiger partial charge >= 0.3 is 0 Å². The van der Waals surface area contributed by atoms with Crippen LogP contribution in [0.3, 0.4) is 0 Å². The van der Waals surface area contributed by atoms with Crippen LogP contribution >= 0.6 is 11.8 Å². The SMILES string of the molecule is CC(C)c1nc(-c2cccnc2SCC(=O)NCc2ccncc2)no1. The van der Waals surface area contributed by atoms with Crippen molar-refractivity contribution in [1.29, 1.82) is 0 Å². The molecule has 3 rings (SSSR count). The van der Waals surface area contributed by atoms with Crippen molar-refractivity contribution in [3.05, 3.63) is 54.3 Å². The normalized spacial score (nSPS) is 10.9. The number of aromatic nitrogens is 4. The van der Waals surface area contributed by atoms with Crippen LogP contribution in [0.5, 0.6) is 0 Å². The van der Waals surface area contributed by atoms with Gasteiger partial charge in [-0.25, -0.2) is 4.98 Å². The van der Waals surface area contributed by atoms with Gasteiger partial charge in [0.25, 0.3) is 0 Å². The first-order valence-corrected chi connectivity index (χ1v) is 9.19. The smallest absolute Gasteiger partial charge is 0.230 e. The van der Waals surface area contributed by atoms with Gasteiger partial charge in [0.15, 0.2) is 0 Å². The van der Waals surface area contributed by atoms with Crippen LogP contribution in [0.15, 0.2) is 52.4 Å². The average Bonchev–Trinajstić information content (AvgIpc) is 3.16. The van der Waals surface area contributed by atoms with Gasteiger partial charge < -0.3 is 9.84 Å². The third kappa shape index (κ3) is 4.66. The minimum atomic E-state index is -0.0700. The van der Waals surface area contributed by atoms with E-state index in [1.807, 2.05) is 38.1 Å². The van der Waals surface area contributed by atoms with Crippen molar-refractivity contribution in [2.75, 3.05) is 5.75 Å². The molecule has 3 aromatic rings. The van der Waals surface area contributed by atoms with Gasteiger partial charge in [0.2, 0.25) is 17.6 Å². The number of nitrogens with one attached hydrogen (secondary N) is 1. The second-order valence-electron chi connectivity index (χ2n) is 5.89. The number of rotatable bonds is 7. The van der Waals surface area contributed by atoms with Crippen LogP contribution in [0.1, 0.15) is 31.2 Å². The Morgan fingerprint density at radius 3 is 2.77 bits per heavy atom. The fraction of sp³-hybridized carbons (Fsp3) is 0.278. The highest BCUT2D eigenvalue weighted by atomic mass is 32.2. The summed E-state index contributed by atoms with van der Waals surface area (Å²) < 4.78 is 5.27. The highest BCUT2D eigenvalue weighted by Crippen LogP contribution is 2.28. The molecule has 0 saturated heterocycles. The molecule has 3 heterocycles. The van der Waals surface area contributed by atoms with Crippen LogP contribution in [0.4, 0.5) is 0 Å². The van der Waals surface area contributed by atoms with Crippen LogP contribution in [0.2, 0.25) is 0 Å². The molecule has 7 nitrogen and oxygen atoms in total. The molecule has 3 aromatic heterocycles. The predicted octanol–water partition coefficient (Wildman–Crippen LogP) is 3.06. The summed E-state index contributed by atoms with van der Waals surface area (Å²) in [6, 6.07) is 7.42. The molecule has 0 aromatic carbocycles. The van der Waals surface area contributed by atoms with Gasteiger partial charge in [-0.05, 0) is 29.8 Å². The van der Waals surface area contributed by atoms with Crippen LogP contribution in [-0.4, -0.2) is 31.8 Å². The molecule has 1 amide bonds. The van der Waals surface area contributed by atoms with Crippen LogP contribution in [-0.2, 0) is 11.3 Å². The average molecular weight is 369 g/mol. The molecule has 0 saturated carbocycles. The molecule has 0 radical (unpaired) electrons. The highest BCUT2D eigenvalue weighted by molar-refractivity contribution is 8.00. The van der Waals surface area contributed by atoms with E-state index in [2.05, 4.69) is 25.4 Å². The number of pyridine rings is 2. The van der Waals surface area contributed by atoms with E-state index in [1.165, 1.54) is 11.8 Å². The van der Waals surface area contributed by atoms with Gasteiger partial charge in [0.05, 0.1) is 11.3 Å². The third-order valence-corrected chi connectivity index (χ3v) is 4.53. The quantitative estimate of drug-likeness (QED) is 0.640. The minimum Gasteiger partial charge on any atom is -0.351 e. The predicted molar refractivity (Wildman–Crippen MR) is 98.4 cm³/mol. The van der Waals surface area contributed by atoms with E-state index in [1.54, 1.807) is 18.6 Å². The van der Waals surface area contributed by atoms with Crippen molar-refractivity contribution in [2.45, 2.75) is 31.3 Å². The van der Waals surface area contributed by atoms with E-state index in [0.29, 0.717) is 23.3 Å². The Hall–Kier alpha value is -2.74. The Kier molecular flexibility index (Phi) is 5.96. The van der Waals surface area contributed by atoms with Crippen molar-refractivity contribution in [3.8, 4) is 11.4 Å². The number of amides is 1. The molecule has 26 heavy (non-hydrogen) atoms. The standard InChI is InChI=1S/C18H19N5O2S/c1-12(2)17-22-16(23-25-17)14-4-3-7-20-18(14)26-11-15(24)21-10-13-5-8-19-9-6-13/h3-9,12H,10-11H2,1-2H3,(H,21,24). The van der Waals surface area contributed by atoms with Crippen LogP contribution < -0.4 is 5.32 Å². The maximum atomic E-state index is 12.1. The molecule has 1 N–H and O–H groups in total. The Balaban J connectivity index is 1.62.